The zero-order valence-electron chi connectivity index (χ0n) is 10.2. The molecule has 0 saturated heterocycles. The smallest absolute Gasteiger partial charge is 0.170 e. The van der Waals surface area contributed by atoms with Crippen molar-refractivity contribution in [2.24, 2.45) is 5.73 Å². The Kier molecular flexibility index (Phi) is 4.86. The molecule has 2 aromatic rings. The number of nitrogens with two attached hydrogens (primary N) is 1. The van der Waals surface area contributed by atoms with Crippen LogP contribution in [0.25, 0.3) is 0 Å². The summed E-state index contributed by atoms with van der Waals surface area (Å²) in [5, 5.41) is 0.902. The number of aromatic nitrogens is 2. The fourth-order valence-electron chi connectivity index (χ4n) is 1.63. The topological polar surface area (TPSA) is 54.7 Å². The van der Waals surface area contributed by atoms with Crippen molar-refractivity contribution in [1.82, 2.24) is 9.97 Å². The maximum atomic E-state index is 6.04. The Hall–Kier alpha value is -0.780. The van der Waals surface area contributed by atoms with Crippen LogP contribution < -0.4 is 5.73 Å². The van der Waals surface area contributed by atoms with Gasteiger partial charge in [-0.15, -0.1) is 0 Å². The molecule has 5 heteroatoms. The van der Waals surface area contributed by atoms with E-state index < -0.39 is 0 Å². The molecule has 0 spiro atoms. The average molecular weight is 326 g/mol. The second kappa shape index (κ2) is 6.41. The molecule has 0 aliphatic rings. The first-order valence-electron chi connectivity index (χ1n) is 5.90. The van der Waals surface area contributed by atoms with Crippen molar-refractivity contribution in [2.45, 2.75) is 35.9 Å². The quantitative estimate of drug-likeness (QED) is 0.883. The minimum atomic E-state index is 0.210. The minimum absolute atomic E-state index is 0.210. The molecule has 18 heavy (non-hydrogen) atoms. The van der Waals surface area contributed by atoms with Crippen molar-refractivity contribution in [1.29, 1.82) is 0 Å². The largest absolute Gasteiger partial charge is 0.339 e. The van der Waals surface area contributed by atoms with E-state index in [0.29, 0.717) is 0 Å². The second-order valence-electron chi connectivity index (χ2n) is 4.12. The van der Waals surface area contributed by atoms with Gasteiger partial charge in [-0.05, 0) is 30.5 Å². The number of nitrogens with one attached hydrogen (secondary N) is 1. The van der Waals surface area contributed by atoms with Crippen LogP contribution in [0.1, 0.15) is 18.9 Å². The summed E-state index contributed by atoms with van der Waals surface area (Å²) >= 11 is 5.14. The van der Waals surface area contributed by atoms with Gasteiger partial charge in [0.2, 0.25) is 0 Å². The fraction of sp³-hybridized carbons (Fsp3) is 0.308. The van der Waals surface area contributed by atoms with Crippen LogP contribution in [-0.4, -0.2) is 16.0 Å². The van der Waals surface area contributed by atoms with Crippen LogP contribution in [0.4, 0.5) is 0 Å². The predicted molar refractivity (Wildman–Crippen MR) is 78.8 cm³/mol. The maximum absolute atomic E-state index is 6.04. The first-order chi connectivity index (χ1) is 8.69. The number of imidazole rings is 1. The molecule has 0 aliphatic heterocycles. The molecule has 96 valence electrons. The molecule has 0 radical (unpaired) electrons. The fourth-order valence-corrected chi connectivity index (χ4v) is 3.06. The van der Waals surface area contributed by atoms with Gasteiger partial charge < -0.3 is 10.7 Å². The molecule has 1 aromatic carbocycles. The normalized spacial score (nSPS) is 12.6. The molecule has 1 heterocycles. The highest BCUT2D eigenvalue weighted by molar-refractivity contribution is 9.10. The highest BCUT2D eigenvalue weighted by Gasteiger charge is 2.10. The SMILES string of the molecule is CCC(N)Cc1ccc(Br)cc1Sc1ncc[nH]1. The van der Waals surface area contributed by atoms with Gasteiger partial charge in [0.1, 0.15) is 0 Å². The van der Waals surface area contributed by atoms with E-state index in [-0.39, 0.29) is 6.04 Å². The van der Waals surface area contributed by atoms with Gasteiger partial charge in [0.15, 0.2) is 5.16 Å². The zero-order valence-corrected chi connectivity index (χ0v) is 12.6. The lowest BCUT2D eigenvalue weighted by molar-refractivity contribution is 0.641. The number of benzene rings is 1. The molecule has 0 fully saturated rings. The Labute approximate surface area is 120 Å². The van der Waals surface area contributed by atoms with Crippen LogP contribution in [0.15, 0.2) is 45.1 Å². The molecule has 1 aromatic heterocycles. The Morgan fingerprint density at radius 1 is 1.50 bits per heavy atom. The molecule has 0 aliphatic carbocycles. The number of H-pyrrole nitrogens is 1. The van der Waals surface area contributed by atoms with Gasteiger partial charge in [0.05, 0.1) is 0 Å². The summed E-state index contributed by atoms with van der Waals surface area (Å²) in [7, 11) is 0. The third-order valence-corrected chi connectivity index (χ3v) is 4.23. The lowest BCUT2D eigenvalue weighted by Crippen LogP contribution is -2.21. The van der Waals surface area contributed by atoms with E-state index in [2.05, 4.69) is 51.0 Å². The summed E-state index contributed by atoms with van der Waals surface area (Å²) in [6.07, 6.45) is 5.48. The van der Waals surface area contributed by atoms with Gasteiger partial charge in [-0.1, -0.05) is 40.7 Å². The number of hydrogen-bond acceptors (Lipinski definition) is 3. The van der Waals surface area contributed by atoms with E-state index in [1.54, 1.807) is 18.0 Å². The summed E-state index contributed by atoms with van der Waals surface area (Å²) in [5.74, 6) is 0. The molecule has 3 N–H and O–H groups in total. The highest BCUT2D eigenvalue weighted by atomic mass is 79.9. The third kappa shape index (κ3) is 3.60. The first kappa shape index (κ1) is 13.6. The van der Waals surface area contributed by atoms with E-state index in [1.165, 1.54) is 10.5 Å². The van der Waals surface area contributed by atoms with Crippen molar-refractivity contribution >= 4 is 27.7 Å². The zero-order chi connectivity index (χ0) is 13.0. The summed E-state index contributed by atoms with van der Waals surface area (Å²) in [6.45, 7) is 2.11. The summed E-state index contributed by atoms with van der Waals surface area (Å²) in [6, 6.07) is 6.52. The van der Waals surface area contributed by atoms with Gasteiger partial charge in [0.25, 0.3) is 0 Å². The molecular weight excluding hydrogens is 310 g/mol. The Morgan fingerprint density at radius 3 is 3.00 bits per heavy atom. The minimum Gasteiger partial charge on any atom is -0.339 e. The molecule has 0 bridgehead atoms. The monoisotopic (exact) mass is 325 g/mol. The van der Waals surface area contributed by atoms with Gasteiger partial charge in [0, 0.05) is 27.8 Å². The Bertz CT molecular complexity index is 499. The van der Waals surface area contributed by atoms with Gasteiger partial charge >= 0.3 is 0 Å². The molecule has 1 unspecified atom stereocenters. The summed E-state index contributed by atoms with van der Waals surface area (Å²) < 4.78 is 1.07. The number of halogens is 1. The second-order valence-corrected chi connectivity index (χ2v) is 6.07. The summed E-state index contributed by atoms with van der Waals surface area (Å²) in [5.41, 5.74) is 7.31. The molecule has 0 amide bonds. The summed E-state index contributed by atoms with van der Waals surface area (Å²) in [4.78, 5) is 8.54. The number of nitrogens with zero attached hydrogens (tertiary/aromatic N) is 1. The van der Waals surface area contributed by atoms with Crippen LogP contribution in [0.5, 0.6) is 0 Å². The van der Waals surface area contributed by atoms with Crippen molar-refractivity contribution in [3.8, 4) is 0 Å². The van der Waals surface area contributed by atoms with Crippen LogP contribution in [-0.2, 0) is 6.42 Å². The van der Waals surface area contributed by atoms with Crippen molar-refractivity contribution < 1.29 is 0 Å². The lowest BCUT2D eigenvalue weighted by Gasteiger charge is -2.12. The van der Waals surface area contributed by atoms with Gasteiger partial charge in [-0.2, -0.15) is 0 Å². The number of hydrogen-bond donors (Lipinski definition) is 2. The van der Waals surface area contributed by atoms with E-state index in [9.17, 15) is 0 Å². The van der Waals surface area contributed by atoms with E-state index >= 15 is 0 Å². The van der Waals surface area contributed by atoms with Crippen LogP contribution in [0.2, 0.25) is 0 Å². The van der Waals surface area contributed by atoms with E-state index in [1.807, 2.05) is 6.20 Å². The van der Waals surface area contributed by atoms with E-state index in [0.717, 1.165) is 22.5 Å². The standard InChI is InChI=1S/C13H16BrN3S/c1-2-11(15)7-9-3-4-10(14)8-12(9)18-13-16-5-6-17-13/h3-6,8,11H,2,7,15H2,1H3,(H,16,17). The van der Waals surface area contributed by atoms with Crippen LogP contribution in [0, 0.1) is 0 Å². The molecular formula is C13H16BrN3S. The Balaban J connectivity index is 2.23. The third-order valence-electron chi connectivity index (χ3n) is 2.72. The van der Waals surface area contributed by atoms with Gasteiger partial charge in [-0.25, -0.2) is 4.98 Å². The van der Waals surface area contributed by atoms with Crippen molar-refractivity contribution in [3.63, 3.8) is 0 Å². The number of aromatic amines is 1. The molecule has 0 saturated carbocycles. The number of rotatable bonds is 5. The van der Waals surface area contributed by atoms with Gasteiger partial charge in [-0.3, -0.25) is 0 Å². The van der Waals surface area contributed by atoms with Crippen molar-refractivity contribution in [2.75, 3.05) is 0 Å². The predicted octanol–water partition coefficient (Wildman–Crippen LogP) is 3.60. The van der Waals surface area contributed by atoms with Crippen molar-refractivity contribution in [3.05, 3.63) is 40.6 Å². The lowest BCUT2D eigenvalue weighted by atomic mass is 10.1. The van der Waals surface area contributed by atoms with E-state index in [4.69, 9.17) is 5.73 Å². The molecule has 1 atom stereocenters. The van der Waals surface area contributed by atoms with Crippen LogP contribution >= 0.6 is 27.7 Å². The highest BCUT2D eigenvalue weighted by Crippen LogP contribution is 2.31. The molecule has 3 nitrogen and oxygen atoms in total. The maximum Gasteiger partial charge on any atom is 0.170 e. The molecule has 2 rings (SSSR count). The van der Waals surface area contributed by atoms with Crippen LogP contribution in [0.3, 0.4) is 0 Å². The first-order valence-corrected chi connectivity index (χ1v) is 7.51. The Morgan fingerprint density at radius 2 is 2.33 bits per heavy atom. The average Bonchev–Trinajstić information content (AvgIpc) is 2.85.